The molecule has 0 atom stereocenters. The molecule has 2 rings (SSSR count). The largest absolute Gasteiger partial charge is 0.478 e. The van der Waals surface area contributed by atoms with Crippen molar-refractivity contribution in [2.45, 2.75) is 0 Å². The number of rotatable bonds is 3. The first-order valence-corrected chi connectivity index (χ1v) is 4.86. The number of benzene rings is 1. The predicted molar refractivity (Wildman–Crippen MR) is 61.1 cm³/mol. The van der Waals surface area contributed by atoms with Gasteiger partial charge in [-0.1, -0.05) is 0 Å². The summed E-state index contributed by atoms with van der Waals surface area (Å²) in [6, 6.07) is 3.70. The highest BCUT2D eigenvalue weighted by molar-refractivity contribution is 5.90. The molecule has 1 N–H and O–H groups in total. The molecule has 0 radical (unpaired) electrons. The molecule has 18 heavy (non-hydrogen) atoms. The van der Waals surface area contributed by atoms with Gasteiger partial charge in [0.05, 0.1) is 16.1 Å². The van der Waals surface area contributed by atoms with Crippen molar-refractivity contribution in [2.75, 3.05) is 0 Å². The summed E-state index contributed by atoms with van der Waals surface area (Å²) in [4.78, 5) is 28.6. The number of hydrogen-bond acceptors (Lipinski definition) is 5. The van der Waals surface area contributed by atoms with Gasteiger partial charge in [0.1, 0.15) is 6.33 Å². The van der Waals surface area contributed by atoms with Crippen LogP contribution in [0.15, 0.2) is 36.9 Å². The highest BCUT2D eigenvalue weighted by atomic mass is 16.6. The summed E-state index contributed by atoms with van der Waals surface area (Å²) >= 11 is 0. The maximum atomic E-state index is 10.9. The zero-order valence-corrected chi connectivity index (χ0v) is 8.98. The molecule has 0 fully saturated rings. The minimum atomic E-state index is -1.21. The second-order valence-electron chi connectivity index (χ2n) is 3.42. The van der Waals surface area contributed by atoms with Crippen LogP contribution in [-0.4, -0.2) is 26.0 Å². The molecule has 1 aromatic heterocycles. The number of carboxylic acid groups (broad SMARTS) is 1. The number of carboxylic acids is 1. The van der Waals surface area contributed by atoms with Gasteiger partial charge in [0, 0.05) is 24.0 Å². The summed E-state index contributed by atoms with van der Waals surface area (Å²) in [6.45, 7) is 0. The number of nitrogens with zero attached hydrogens (tertiary/aromatic N) is 3. The van der Waals surface area contributed by atoms with Crippen molar-refractivity contribution in [3.05, 3.63) is 52.6 Å². The quantitative estimate of drug-likeness (QED) is 0.652. The highest BCUT2D eigenvalue weighted by Crippen LogP contribution is 2.29. The molecule has 2 aromatic rings. The molecule has 0 saturated carbocycles. The number of nitro benzene ring substituents is 1. The Morgan fingerprint density at radius 1 is 1.28 bits per heavy atom. The fourth-order valence-electron chi connectivity index (χ4n) is 1.50. The fourth-order valence-corrected chi connectivity index (χ4v) is 1.50. The topological polar surface area (TPSA) is 106 Å². The number of aromatic carboxylic acids is 1. The van der Waals surface area contributed by atoms with Gasteiger partial charge in [0.2, 0.25) is 0 Å². The van der Waals surface area contributed by atoms with Crippen LogP contribution in [0.3, 0.4) is 0 Å². The lowest BCUT2D eigenvalue weighted by atomic mass is 10.0. The maximum Gasteiger partial charge on any atom is 0.335 e. The van der Waals surface area contributed by atoms with E-state index < -0.39 is 10.9 Å². The average molecular weight is 245 g/mol. The molecular weight excluding hydrogens is 238 g/mol. The summed E-state index contributed by atoms with van der Waals surface area (Å²) in [5.74, 6) is -1.21. The second kappa shape index (κ2) is 4.58. The third-order valence-electron chi connectivity index (χ3n) is 2.31. The van der Waals surface area contributed by atoms with E-state index in [9.17, 15) is 14.9 Å². The van der Waals surface area contributed by atoms with Crippen LogP contribution >= 0.6 is 0 Å². The van der Waals surface area contributed by atoms with Gasteiger partial charge in [-0.2, -0.15) is 0 Å². The van der Waals surface area contributed by atoms with Crippen LogP contribution in [0.25, 0.3) is 11.1 Å². The van der Waals surface area contributed by atoms with Gasteiger partial charge in [-0.3, -0.25) is 10.1 Å². The predicted octanol–water partition coefficient (Wildman–Crippen LogP) is 1.75. The van der Waals surface area contributed by atoms with Crippen LogP contribution in [0, 0.1) is 10.1 Å². The fraction of sp³-hybridized carbons (Fsp3) is 0. The van der Waals surface area contributed by atoms with Crippen molar-refractivity contribution >= 4 is 11.7 Å². The van der Waals surface area contributed by atoms with E-state index in [1.54, 1.807) is 0 Å². The molecule has 0 amide bonds. The lowest BCUT2D eigenvalue weighted by Crippen LogP contribution is -1.99. The van der Waals surface area contributed by atoms with Crippen LogP contribution in [0.1, 0.15) is 10.4 Å². The van der Waals surface area contributed by atoms with Crippen LogP contribution < -0.4 is 0 Å². The Hall–Kier alpha value is -2.83. The lowest BCUT2D eigenvalue weighted by molar-refractivity contribution is -0.384. The van der Waals surface area contributed by atoms with Crippen molar-refractivity contribution in [3.8, 4) is 11.1 Å². The minimum Gasteiger partial charge on any atom is -0.478 e. The summed E-state index contributed by atoms with van der Waals surface area (Å²) in [7, 11) is 0. The van der Waals surface area contributed by atoms with E-state index in [-0.39, 0.29) is 16.8 Å². The van der Waals surface area contributed by atoms with Gasteiger partial charge in [-0.25, -0.2) is 14.8 Å². The number of nitro groups is 1. The monoisotopic (exact) mass is 245 g/mol. The Bertz CT molecular complexity index is 613. The Kier molecular flexibility index (Phi) is 2.96. The molecule has 7 nitrogen and oxygen atoms in total. The van der Waals surface area contributed by atoms with E-state index in [1.807, 2.05) is 0 Å². The molecule has 7 heteroatoms. The highest BCUT2D eigenvalue weighted by Gasteiger charge is 2.18. The molecule has 0 aliphatic heterocycles. The Morgan fingerprint density at radius 3 is 2.50 bits per heavy atom. The molecule has 1 aromatic carbocycles. The summed E-state index contributed by atoms with van der Waals surface area (Å²) in [5, 5.41) is 19.7. The standard InChI is InChI=1S/C11H7N3O4/c15-11(16)7-1-2-9(10(3-7)14(17)18)8-4-12-6-13-5-8/h1-6H,(H,15,16). The van der Waals surface area contributed by atoms with Crippen molar-refractivity contribution in [3.63, 3.8) is 0 Å². The van der Waals surface area contributed by atoms with Crippen LogP contribution in [0.4, 0.5) is 5.69 Å². The van der Waals surface area contributed by atoms with Gasteiger partial charge < -0.3 is 5.11 Å². The summed E-state index contributed by atoms with van der Waals surface area (Å²) < 4.78 is 0. The third kappa shape index (κ3) is 2.14. The van der Waals surface area contributed by atoms with Gasteiger partial charge in [-0.15, -0.1) is 0 Å². The van der Waals surface area contributed by atoms with E-state index in [2.05, 4.69) is 9.97 Å². The smallest absolute Gasteiger partial charge is 0.335 e. The molecule has 0 spiro atoms. The van der Waals surface area contributed by atoms with E-state index in [4.69, 9.17) is 5.11 Å². The SMILES string of the molecule is O=C(O)c1ccc(-c2cncnc2)c([N+](=O)[O-])c1. The van der Waals surface area contributed by atoms with Crippen LogP contribution in [0.2, 0.25) is 0 Å². The van der Waals surface area contributed by atoms with Crippen molar-refractivity contribution in [1.82, 2.24) is 9.97 Å². The zero-order chi connectivity index (χ0) is 13.1. The number of carbonyl (C=O) groups is 1. The third-order valence-corrected chi connectivity index (χ3v) is 2.31. The summed E-state index contributed by atoms with van der Waals surface area (Å²) in [5.41, 5.74) is 0.318. The van der Waals surface area contributed by atoms with E-state index in [1.165, 1.54) is 30.9 Å². The molecule has 1 heterocycles. The van der Waals surface area contributed by atoms with E-state index in [0.29, 0.717) is 5.56 Å². The summed E-state index contributed by atoms with van der Waals surface area (Å²) in [6.07, 6.45) is 4.16. The van der Waals surface area contributed by atoms with Gasteiger partial charge in [-0.05, 0) is 12.1 Å². The van der Waals surface area contributed by atoms with Crippen LogP contribution in [-0.2, 0) is 0 Å². The number of hydrogen-bond donors (Lipinski definition) is 1. The Labute approximate surface area is 101 Å². The van der Waals surface area contributed by atoms with Gasteiger partial charge >= 0.3 is 5.97 Å². The molecule has 0 aliphatic carbocycles. The lowest BCUT2D eigenvalue weighted by Gasteiger charge is -2.03. The van der Waals surface area contributed by atoms with Crippen molar-refractivity contribution in [2.24, 2.45) is 0 Å². The first kappa shape index (κ1) is 11.6. The molecule has 0 unspecified atom stereocenters. The average Bonchev–Trinajstić information content (AvgIpc) is 2.39. The van der Waals surface area contributed by atoms with Crippen molar-refractivity contribution < 1.29 is 14.8 Å². The molecule has 90 valence electrons. The van der Waals surface area contributed by atoms with Gasteiger partial charge in [0.15, 0.2) is 0 Å². The van der Waals surface area contributed by atoms with E-state index >= 15 is 0 Å². The maximum absolute atomic E-state index is 10.9. The first-order chi connectivity index (χ1) is 8.59. The normalized spacial score (nSPS) is 10.0. The minimum absolute atomic E-state index is 0.137. The van der Waals surface area contributed by atoms with Gasteiger partial charge in [0.25, 0.3) is 5.69 Å². The molecule has 0 aliphatic rings. The Morgan fingerprint density at radius 2 is 1.94 bits per heavy atom. The van der Waals surface area contributed by atoms with Crippen molar-refractivity contribution in [1.29, 1.82) is 0 Å². The Balaban J connectivity index is 2.61. The number of aromatic nitrogens is 2. The molecule has 0 bridgehead atoms. The zero-order valence-electron chi connectivity index (χ0n) is 8.98. The van der Waals surface area contributed by atoms with Crippen LogP contribution in [0.5, 0.6) is 0 Å². The second-order valence-corrected chi connectivity index (χ2v) is 3.42. The molecular formula is C11H7N3O4. The molecule has 0 saturated heterocycles. The first-order valence-electron chi connectivity index (χ1n) is 4.86. The van der Waals surface area contributed by atoms with E-state index in [0.717, 1.165) is 6.07 Å².